The Bertz CT molecular complexity index is 399. The number of nitrogens with zero attached hydrogens (tertiary/aromatic N) is 1. The number of likely N-dealkylation sites (tertiary alicyclic amines) is 1. The average molecular weight is 266 g/mol. The Morgan fingerprint density at radius 2 is 2.17 bits per heavy atom. The van der Waals surface area contributed by atoms with E-state index < -0.39 is 6.10 Å². The van der Waals surface area contributed by atoms with E-state index in [0.29, 0.717) is 13.0 Å². The Kier molecular flexibility index (Phi) is 4.63. The van der Waals surface area contributed by atoms with Gasteiger partial charge >= 0.3 is 0 Å². The molecule has 18 heavy (non-hydrogen) atoms. The molecule has 0 aromatic heterocycles. The molecule has 5 heteroatoms. The SMILES string of the molecule is NC(=O)[C@@H]1C[C@H](O)CN1CCSc1ccccc1. The number of thioether (sulfide) groups is 1. The van der Waals surface area contributed by atoms with Crippen LogP contribution in [0.5, 0.6) is 0 Å². The van der Waals surface area contributed by atoms with E-state index in [1.807, 2.05) is 23.1 Å². The first-order valence-corrected chi connectivity index (χ1v) is 7.04. The highest BCUT2D eigenvalue weighted by Crippen LogP contribution is 2.21. The van der Waals surface area contributed by atoms with Gasteiger partial charge in [0.05, 0.1) is 12.1 Å². The summed E-state index contributed by atoms with van der Waals surface area (Å²) in [7, 11) is 0. The van der Waals surface area contributed by atoms with Crippen LogP contribution in [0.3, 0.4) is 0 Å². The van der Waals surface area contributed by atoms with Crippen LogP contribution in [0.4, 0.5) is 0 Å². The molecule has 3 N–H and O–H groups in total. The zero-order valence-corrected chi connectivity index (χ0v) is 11.0. The number of aliphatic hydroxyl groups is 1. The molecule has 0 spiro atoms. The summed E-state index contributed by atoms with van der Waals surface area (Å²) in [4.78, 5) is 14.4. The Morgan fingerprint density at radius 1 is 1.44 bits per heavy atom. The number of β-amino-alcohol motifs (C(OH)–C–C–N with tert-alkyl or cyclic N) is 1. The molecular formula is C13H18N2O2S. The highest BCUT2D eigenvalue weighted by molar-refractivity contribution is 7.99. The van der Waals surface area contributed by atoms with Crippen LogP contribution in [-0.4, -0.2) is 46.9 Å². The van der Waals surface area contributed by atoms with E-state index in [-0.39, 0.29) is 11.9 Å². The predicted octanol–water partition coefficient (Wildman–Crippen LogP) is 0.699. The molecule has 0 saturated carbocycles. The maximum atomic E-state index is 11.3. The fourth-order valence-corrected chi connectivity index (χ4v) is 3.13. The fourth-order valence-electron chi connectivity index (χ4n) is 2.22. The molecule has 1 aliphatic rings. The minimum atomic E-state index is -0.427. The molecule has 1 aromatic rings. The lowest BCUT2D eigenvalue weighted by molar-refractivity contribution is -0.122. The van der Waals surface area contributed by atoms with Crippen LogP contribution in [0.15, 0.2) is 35.2 Å². The molecule has 1 aliphatic heterocycles. The standard InChI is InChI=1S/C13H18N2O2S/c14-13(17)12-8-10(16)9-15(12)6-7-18-11-4-2-1-3-5-11/h1-5,10,12,16H,6-9H2,(H2,14,17)/t10-,12-/m0/s1. The van der Waals surface area contributed by atoms with Crippen LogP contribution in [0.2, 0.25) is 0 Å². The van der Waals surface area contributed by atoms with Crippen molar-refractivity contribution >= 4 is 17.7 Å². The second kappa shape index (κ2) is 6.22. The van der Waals surface area contributed by atoms with Crippen LogP contribution in [-0.2, 0) is 4.79 Å². The molecule has 2 atom stereocenters. The van der Waals surface area contributed by atoms with Gasteiger partial charge in [-0.3, -0.25) is 9.69 Å². The van der Waals surface area contributed by atoms with Crippen molar-refractivity contribution in [1.29, 1.82) is 0 Å². The lowest BCUT2D eigenvalue weighted by Gasteiger charge is -2.20. The van der Waals surface area contributed by atoms with E-state index in [0.717, 1.165) is 12.3 Å². The van der Waals surface area contributed by atoms with Gasteiger partial charge in [-0.2, -0.15) is 0 Å². The average Bonchev–Trinajstić information content (AvgIpc) is 2.72. The third-order valence-electron chi connectivity index (χ3n) is 3.10. The number of carbonyl (C=O) groups is 1. The number of benzene rings is 1. The van der Waals surface area contributed by atoms with E-state index in [2.05, 4.69) is 12.1 Å². The van der Waals surface area contributed by atoms with Gasteiger partial charge in [0.2, 0.25) is 5.91 Å². The summed E-state index contributed by atoms with van der Waals surface area (Å²) in [6.45, 7) is 1.31. The first-order chi connectivity index (χ1) is 8.66. The second-order valence-corrected chi connectivity index (χ2v) is 5.63. The summed E-state index contributed by atoms with van der Waals surface area (Å²) >= 11 is 1.75. The zero-order chi connectivity index (χ0) is 13.0. The third kappa shape index (κ3) is 3.48. The summed E-state index contributed by atoms with van der Waals surface area (Å²) in [5, 5.41) is 9.58. The van der Waals surface area contributed by atoms with Crippen molar-refractivity contribution in [1.82, 2.24) is 4.90 Å². The summed E-state index contributed by atoms with van der Waals surface area (Å²) in [6, 6.07) is 9.83. The van der Waals surface area contributed by atoms with Gasteiger partial charge in [-0.1, -0.05) is 18.2 Å². The Labute approximate surface area is 111 Å². The van der Waals surface area contributed by atoms with Crippen molar-refractivity contribution in [3.05, 3.63) is 30.3 Å². The Balaban J connectivity index is 1.81. The van der Waals surface area contributed by atoms with E-state index in [9.17, 15) is 9.90 Å². The summed E-state index contributed by atoms with van der Waals surface area (Å²) in [5.41, 5.74) is 5.33. The lowest BCUT2D eigenvalue weighted by Crippen LogP contribution is -2.41. The lowest BCUT2D eigenvalue weighted by atomic mass is 10.2. The van der Waals surface area contributed by atoms with Gasteiger partial charge in [0.15, 0.2) is 0 Å². The number of carbonyl (C=O) groups excluding carboxylic acids is 1. The summed E-state index contributed by atoms with van der Waals surface area (Å²) < 4.78 is 0. The molecular weight excluding hydrogens is 248 g/mol. The predicted molar refractivity (Wildman–Crippen MR) is 72.3 cm³/mol. The molecule has 98 valence electrons. The van der Waals surface area contributed by atoms with Crippen LogP contribution in [0.25, 0.3) is 0 Å². The second-order valence-electron chi connectivity index (χ2n) is 4.46. The number of primary amides is 1. The molecule has 2 rings (SSSR count). The minimum absolute atomic E-state index is 0.309. The molecule has 1 heterocycles. The van der Waals surface area contributed by atoms with E-state index >= 15 is 0 Å². The Morgan fingerprint density at radius 3 is 2.83 bits per heavy atom. The van der Waals surface area contributed by atoms with Crippen molar-refractivity contribution in [2.75, 3.05) is 18.8 Å². The monoisotopic (exact) mass is 266 g/mol. The van der Waals surface area contributed by atoms with E-state index in [1.165, 1.54) is 4.90 Å². The van der Waals surface area contributed by atoms with Gasteiger partial charge in [0.25, 0.3) is 0 Å². The van der Waals surface area contributed by atoms with Crippen LogP contribution >= 0.6 is 11.8 Å². The molecule has 0 radical (unpaired) electrons. The van der Waals surface area contributed by atoms with Crippen molar-refractivity contribution < 1.29 is 9.90 Å². The van der Waals surface area contributed by atoms with Gasteiger partial charge in [0.1, 0.15) is 0 Å². The summed E-state index contributed by atoms with van der Waals surface area (Å²) in [6.07, 6.45) is 0.0370. The quantitative estimate of drug-likeness (QED) is 0.770. The van der Waals surface area contributed by atoms with Crippen molar-refractivity contribution in [2.24, 2.45) is 5.73 Å². The third-order valence-corrected chi connectivity index (χ3v) is 4.09. The van der Waals surface area contributed by atoms with Gasteiger partial charge in [0, 0.05) is 23.7 Å². The smallest absolute Gasteiger partial charge is 0.234 e. The highest BCUT2D eigenvalue weighted by atomic mass is 32.2. The van der Waals surface area contributed by atoms with Crippen molar-refractivity contribution in [3.63, 3.8) is 0 Å². The number of hydrogen-bond donors (Lipinski definition) is 2. The summed E-state index contributed by atoms with van der Waals surface area (Å²) in [5.74, 6) is 0.553. The maximum absolute atomic E-state index is 11.3. The molecule has 1 saturated heterocycles. The number of hydrogen-bond acceptors (Lipinski definition) is 4. The largest absolute Gasteiger partial charge is 0.392 e. The highest BCUT2D eigenvalue weighted by Gasteiger charge is 2.34. The number of rotatable bonds is 5. The van der Waals surface area contributed by atoms with Crippen LogP contribution in [0.1, 0.15) is 6.42 Å². The van der Waals surface area contributed by atoms with Crippen LogP contribution in [0, 0.1) is 0 Å². The first-order valence-electron chi connectivity index (χ1n) is 6.06. The molecule has 1 fully saturated rings. The number of nitrogens with two attached hydrogens (primary N) is 1. The molecule has 4 nitrogen and oxygen atoms in total. The zero-order valence-electron chi connectivity index (χ0n) is 10.2. The normalized spacial score (nSPS) is 24.3. The van der Waals surface area contributed by atoms with Crippen molar-refractivity contribution in [3.8, 4) is 0 Å². The van der Waals surface area contributed by atoms with Crippen LogP contribution < -0.4 is 5.73 Å². The number of amides is 1. The number of aliphatic hydroxyl groups excluding tert-OH is 1. The first kappa shape index (κ1) is 13.4. The molecule has 1 aromatic carbocycles. The minimum Gasteiger partial charge on any atom is -0.392 e. The van der Waals surface area contributed by atoms with Gasteiger partial charge < -0.3 is 10.8 Å². The molecule has 0 unspecified atom stereocenters. The maximum Gasteiger partial charge on any atom is 0.234 e. The molecule has 0 aliphatic carbocycles. The topological polar surface area (TPSA) is 66.6 Å². The van der Waals surface area contributed by atoms with Gasteiger partial charge in [-0.05, 0) is 18.6 Å². The van der Waals surface area contributed by atoms with E-state index in [1.54, 1.807) is 11.8 Å². The molecule has 1 amide bonds. The molecule has 0 bridgehead atoms. The fraction of sp³-hybridized carbons (Fsp3) is 0.462. The van der Waals surface area contributed by atoms with E-state index in [4.69, 9.17) is 5.73 Å². The Hall–Kier alpha value is -1.04. The van der Waals surface area contributed by atoms with Gasteiger partial charge in [-0.25, -0.2) is 0 Å². The van der Waals surface area contributed by atoms with Gasteiger partial charge in [-0.15, -0.1) is 11.8 Å². The van der Waals surface area contributed by atoms with Crippen molar-refractivity contribution in [2.45, 2.75) is 23.5 Å².